The fraction of sp³-hybridized carbons (Fsp3) is 0.421. The number of hydrogen-bond acceptors (Lipinski definition) is 3. The molecule has 0 aromatic heterocycles. The van der Waals surface area contributed by atoms with Gasteiger partial charge < -0.3 is 15.5 Å². The van der Waals surface area contributed by atoms with Crippen LogP contribution in [0.4, 0.5) is 5.69 Å². The van der Waals surface area contributed by atoms with E-state index in [1.165, 1.54) is 23.3 Å². The van der Waals surface area contributed by atoms with E-state index in [0.29, 0.717) is 12.1 Å². The van der Waals surface area contributed by atoms with Gasteiger partial charge in [0.05, 0.1) is 0 Å². The fourth-order valence-electron chi connectivity index (χ4n) is 3.37. The molecule has 3 rings (SSSR count). The number of carbonyl (C=O) groups is 3. The van der Waals surface area contributed by atoms with Gasteiger partial charge in [-0.3, -0.25) is 14.4 Å². The molecule has 0 saturated heterocycles. The lowest BCUT2D eigenvalue weighted by atomic mass is 9.97. The number of hydrogen-bond donors (Lipinski definition) is 2. The maximum Gasteiger partial charge on any atom is 0.310 e. The third-order valence-corrected chi connectivity index (χ3v) is 4.79. The summed E-state index contributed by atoms with van der Waals surface area (Å²) in [6.07, 6.45) is 7.58. The Morgan fingerprint density at radius 1 is 1.20 bits per heavy atom. The number of allylic oxidation sites excluding steroid dienone is 1. The normalized spacial score (nSPS) is 19.2. The Morgan fingerprint density at radius 2 is 2.00 bits per heavy atom. The summed E-state index contributed by atoms with van der Waals surface area (Å²) in [5, 5.41) is 5.18. The van der Waals surface area contributed by atoms with Gasteiger partial charge in [0.1, 0.15) is 6.04 Å². The van der Waals surface area contributed by atoms with Crippen molar-refractivity contribution in [3.63, 3.8) is 0 Å². The van der Waals surface area contributed by atoms with Crippen LogP contribution in [-0.2, 0) is 14.4 Å². The lowest BCUT2D eigenvalue weighted by Gasteiger charge is -2.14. The van der Waals surface area contributed by atoms with Crippen molar-refractivity contribution in [3.05, 3.63) is 41.5 Å². The van der Waals surface area contributed by atoms with Gasteiger partial charge in [-0.05, 0) is 38.2 Å². The summed E-state index contributed by atoms with van der Waals surface area (Å²) in [6.45, 7) is 0.438. The molecule has 6 nitrogen and oxygen atoms in total. The topological polar surface area (TPSA) is 78.5 Å². The van der Waals surface area contributed by atoms with E-state index in [2.05, 4.69) is 16.7 Å². The van der Waals surface area contributed by atoms with Crippen molar-refractivity contribution >= 4 is 23.4 Å². The average Bonchev–Trinajstić information content (AvgIpc) is 2.88. The zero-order chi connectivity index (χ0) is 17.8. The van der Waals surface area contributed by atoms with E-state index in [0.717, 1.165) is 24.9 Å². The van der Waals surface area contributed by atoms with Crippen molar-refractivity contribution in [1.82, 2.24) is 10.6 Å². The average molecular weight is 341 g/mol. The molecule has 3 amide bonds. The van der Waals surface area contributed by atoms with Crippen LogP contribution < -0.4 is 15.5 Å². The van der Waals surface area contributed by atoms with Crippen LogP contribution in [-0.4, -0.2) is 31.3 Å². The molecule has 0 fully saturated rings. The second-order valence-electron chi connectivity index (χ2n) is 6.48. The smallest absolute Gasteiger partial charge is 0.310 e. The number of fused-ring (bicyclic) bond motifs is 1. The molecule has 0 spiro atoms. The predicted octanol–water partition coefficient (Wildman–Crippen LogP) is 1.83. The summed E-state index contributed by atoms with van der Waals surface area (Å²) >= 11 is 0. The molecule has 1 aromatic carbocycles. The van der Waals surface area contributed by atoms with Gasteiger partial charge in [0.25, 0.3) is 5.91 Å². The Bertz CT molecular complexity index is 726. The number of carbonyl (C=O) groups excluding carboxylic acids is 3. The van der Waals surface area contributed by atoms with E-state index in [1.54, 1.807) is 13.1 Å². The Labute approximate surface area is 147 Å². The quantitative estimate of drug-likeness (QED) is 0.648. The number of para-hydroxylation sites is 1. The maximum atomic E-state index is 12.3. The van der Waals surface area contributed by atoms with Crippen LogP contribution in [0.2, 0.25) is 0 Å². The van der Waals surface area contributed by atoms with Crippen molar-refractivity contribution in [2.24, 2.45) is 0 Å². The maximum absolute atomic E-state index is 12.3. The number of anilines is 1. The molecule has 132 valence electrons. The third-order valence-electron chi connectivity index (χ3n) is 4.79. The minimum atomic E-state index is -0.805. The minimum absolute atomic E-state index is 0.241. The van der Waals surface area contributed by atoms with Gasteiger partial charge in [-0.15, -0.1) is 0 Å². The van der Waals surface area contributed by atoms with E-state index in [1.807, 2.05) is 18.2 Å². The van der Waals surface area contributed by atoms with Crippen LogP contribution >= 0.6 is 0 Å². The van der Waals surface area contributed by atoms with Gasteiger partial charge in [-0.2, -0.15) is 0 Å². The molecular weight excluding hydrogens is 318 g/mol. The number of nitrogens with one attached hydrogen (secondary N) is 2. The molecule has 0 unspecified atom stereocenters. The summed E-state index contributed by atoms with van der Waals surface area (Å²) in [6, 6.07) is 6.44. The number of rotatable bonds is 4. The first-order valence-electron chi connectivity index (χ1n) is 8.71. The summed E-state index contributed by atoms with van der Waals surface area (Å²) in [5.41, 5.74) is 2.81. The summed E-state index contributed by atoms with van der Waals surface area (Å²) in [7, 11) is 1.66. The molecule has 1 heterocycles. The van der Waals surface area contributed by atoms with Crippen molar-refractivity contribution < 1.29 is 14.4 Å². The molecule has 1 aliphatic heterocycles. The summed E-state index contributed by atoms with van der Waals surface area (Å²) in [5.74, 6) is -1.72. The second kappa shape index (κ2) is 7.51. The number of likely N-dealkylation sites (N-methyl/N-ethyl adjacent to an activating group) is 1. The highest BCUT2D eigenvalue weighted by Crippen LogP contribution is 2.34. The molecule has 1 aromatic rings. The summed E-state index contributed by atoms with van der Waals surface area (Å²) < 4.78 is 0. The van der Waals surface area contributed by atoms with E-state index in [9.17, 15) is 14.4 Å². The van der Waals surface area contributed by atoms with Crippen LogP contribution in [0, 0.1) is 0 Å². The van der Waals surface area contributed by atoms with Gasteiger partial charge in [-0.25, -0.2) is 0 Å². The highest BCUT2D eigenvalue weighted by molar-refractivity contribution is 6.35. The fourth-order valence-corrected chi connectivity index (χ4v) is 3.37. The SMILES string of the molecule is CN1C(=O)[C@@H](NC(=O)C(=O)NCCC2=CCCCC2)c2ccccc21. The third kappa shape index (κ3) is 3.73. The van der Waals surface area contributed by atoms with Crippen LogP contribution in [0.25, 0.3) is 0 Å². The molecule has 2 aliphatic rings. The Kier molecular flexibility index (Phi) is 5.16. The van der Waals surface area contributed by atoms with Crippen LogP contribution in [0.15, 0.2) is 35.9 Å². The van der Waals surface area contributed by atoms with Crippen LogP contribution in [0.1, 0.15) is 43.7 Å². The zero-order valence-corrected chi connectivity index (χ0v) is 14.4. The van der Waals surface area contributed by atoms with E-state index in [4.69, 9.17) is 0 Å². The van der Waals surface area contributed by atoms with Gasteiger partial charge in [0.15, 0.2) is 0 Å². The van der Waals surface area contributed by atoms with E-state index in [-0.39, 0.29) is 5.91 Å². The van der Waals surface area contributed by atoms with Gasteiger partial charge in [0.2, 0.25) is 0 Å². The standard InChI is InChI=1S/C19H23N3O3/c1-22-15-10-6-5-9-14(15)16(19(22)25)21-18(24)17(23)20-12-11-13-7-3-2-4-8-13/h5-7,9-10,16H,2-4,8,11-12H2,1H3,(H,20,23)(H,21,24)/t16-/m0/s1. The first-order valence-corrected chi connectivity index (χ1v) is 8.71. The van der Waals surface area contributed by atoms with Crippen LogP contribution in [0.5, 0.6) is 0 Å². The lowest BCUT2D eigenvalue weighted by molar-refractivity contribution is -0.140. The lowest BCUT2D eigenvalue weighted by Crippen LogP contribution is -2.44. The van der Waals surface area contributed by atoms with Crippen molar-refractivity contribution in [3.8, 4) is 0 Å². The van der Waals surface area contributed by atoms with Gasteiger partial charge >= 0.3 is 11.8 Å². The number of nitrogens with zero attached hydrogens (tertiary/aromatic N) is 1. The molecule has 0 saturated carbocycles. The molecule has 1 atom stereocenters. The molecule has 0 radical (unpaired) electrons. The second-order valence-corrected chi connectivity index (χ2v) is 6.48. The first kappa shape index (κ1) is 17.2. The monoisotopic (exact) mass is 341 g/mol. The number of amides is 3. The molecule has 2 N–H and O–H groups in total. The van der Waals surface area contributed by atoms with Crippen molar-refractivity contribution in [2.75, 3.05) is 18.5 Å². The first-order chi connectivity index (χ1) is 12.1. The van der Waals surface area contributed by atoms with Gasteiger partial charge in [-0.1, -0.05) is 29.8 Å². The van der Waals surface area contributed by atoms with Crippen molar-refractivity contribution in [2.45, 2.75) is 38.1 Å². The molecule has 0 bridgehead atoms. The molecular formula is C19H23N3O3. The largest absolute Gasteiger partial charge is 0.348 e. The number of benzene rings is 1. The Balaban J connectivity index is 1.54. The Hall–Kier alpha value is -2.63. The Morgan fingerprint density at radius 3 is 2.76 bits per heavy atom. The molecule has 25 heavy (non-hydrogen) atoms. The van der Waals surface area contributed by atoms with E-state index < -0.39 is 17.9 Å². The van der Waals surface area contributed by atoms with Crippen LogP contribution in [0.3, 0.4) is 0 Å². The molecule has 1 aliphatic carbocycles. The highest BCUT2D eigenvalue weighted by atomic mass is 16.2. The van der Waals surface area contributed by atoms with E-state index >= 15 is 0 Å². The van der Waals surface area contributed by atoms with Gasteiger partial charge in [0, 0.05) is 24.8 Å². The predicted molar refractivity (Wildman–Crippen MR) is 94.9 cm³/mol. The summed E-state index contributed by atoms with van der Waals surface area (Å²) in [4.78, 5) is 37.9. The minimum Gasteiger partial charge on any atom is -0.348 e. The highest BCUT2D eigenvalue weighted by Gasteiger charge is 2.36. The van der Waals surface area contributed by atoms with Crippen molar-refractivity contribution in [1.29, 1.82) is 0 Å². The zero-order valence-electron chi connectivity index (χ0n) is 14.4. The molecule has 6 heteroatoms.